The average Bonchev–Trinajstić information content (AvgIpc) is 2.90. The van der Waals surface area contributed by atoms with Crippen LogP contribution in [0, 0.1) is 6.92 Å². The Balaban J connectivity index is 2.58. The van der Waals surface area contributed by atoms with Crippen LogP contribution in [0.5, 0.6) is 0 Å². The first-order valence-electron chi connectivity index (χ1n) is 5.92. The molecule has 0 saturated carbocycles. The summed E-state index contributed by atoms with van der Waals surface area (Å²) in [5.41, 5.74) is 1.44. The number of methoxy groups -OCH3 is 2. The SMILES string of the molecule is COC(=O)c1nc(-c2ccc(C)cc2Br)oc1C(=O)OC. The topological polar surface area (TPSA) is 78.6 Å². The van der Waals surface area contributed by atoms with Gasteiger partial charge in [-0.1, -0.05) is 6.07 Å². The largest absolute Gasteiger partial charge is 0.464 e. The van der Waals surface area contributed by atoms with Crippen molar-refractivity contribution in [2.75, 3.05) is 14.2 Å². The second kappa shape index (κ2) is 6.09. The van der Waals surface area contributed by atoms with Crippen LogP contribution in [0.1, 0.15) is 26.6 Å². The second-order valence-electron chi connectivity index (χ2n) is 4.16. The van der Waals surface area contributed by atoms with E-state index in [0.717, 1.165) is 10.0 Å². The van der Waals surface area contributed by atoms with Crippen molar-refractivity contribution in [2.24, 2.45) is 0 Å². The summed E-state index contributed by atoms with van der Waals surface area (Å²) < 4.78 is 15.3. The van der Waals surface area contributed by atoms with E-state index in [9.17, 15) is 9.59 Å². The van der Waals surface area contributed by atoms with Crippen molar-refractivity contribution in [3.05, 3.63) is 39.7 Å². The summed E-state index contributed by atoms with van der Waals surface area (Å²) in [7, 11) is 2.38. The van der Waals surface area contributed by atoms with Crippen LogP contribution in [-0.4, -0.2) is 31.1 Å². The number of halogens is 1. The molecule has 1 heterocycles. The highest BCUT2D eigenvalue weighted by Crippen LogP contribution is 2.30. The van der Waals surface area contributed by atoms with Crippen molar-refractivity contribution in [3.8, 4) is 11.5 Å². The lowest BCUT2D eigenvalue weighted by molar-refractivity contribution is 0.0527. The molecule has 0 aliphatic heterocycles. The Hall–Kier alpha value is -2.15. The normalized spacial score (nSPS) is 10.3. The number of benzene rings is 1. The van der Waals surface area contributed by atoms with Gasteiger partial charge in [0.2, 0.25) is 17.3 Å². The fourth-order valence-electron chi connectivity index (χ4n) is 1.69. The van der Waals surface area contributed by atoms with Gasteiger partial charge < -0.3 is 13.9 Å². The van der Waals surface area contributed by atoms with E-state index in [4.69, 9.17) is 4.42 Å². The first kappa shape index (κ1) is 15.2. The van der Waals surface area contributed by atoms with Gasteiger partial charge in [-0.05, 0) is 40.5 Å². The molecule has 2 aromatic rings. The lowest BCUT2D eigenvalue weighted by Crippen LogP contribution is -2.10. The summed E-state index contributed by atoms with van der Waals surface area (Å²) in [4.78, 5) is 27.4. The molecule has 0 radical (unpaired) electrons. The fraction of sp³-hybridized carbons (Fsp3) is 0.214. The minimum Gasteiger partial charge on any atom is -0.464 e. The third-order valence-electron chi connectivity index (χ3n) is 2.73. The molecule has 0 saturated heterocycles. The Morgan fingerprint density at radius 3 is 2.43 bits per heavy atom. The summed E-state index contributed by atoms with van der Waals surface area (Å²) in [6.07, 6.45) is 0. The van der Waals surface area contributed by atoms with E-state index >= 15 is 0 Å². The van der Waals surface area contributed by atoms with E-state index in [-0.39, 0.29) is 17.3 Å². The van der Waals surface area contributed by atoms with E-state index in [1.807, 2.05) is 19.1 Å². The van der Waals surface area contributed by atoms with Gasteiger partial charge in [0.25, 0.3) is 0 Å². The van der Waals surface area contributed by atoms with Crippen molar-refractivity contribution >= 4 is 27.9 Å². The maximum atomic E-state index is 11.7. The molecule has 1 aromatic heterocycles. The number of oxazole rings is 1. The van der Waals surface area contributed by atoms with E-state index < -0.39 is 11.9 Å². The molecule has 21 heavy (non-hydrogen) atoms. The van der Waals surface area contributed by atoms with Gasteiger partial charge in [-0.2, -0.15) is 0 Å². The van der Waals surface area contributed by atoms with Crippen molar-refractivity contribution in [2.45, 2.75) is 6.92 Å². The first-order valence-corrected chi connectivity index (χ1v) is 6.71. The smallest absolute Gasteiger partial charge is 0.376 e. The van der Waals surface area contributed by atoms with Crippen molar-refractivity contribution in [1.29, 1.82) is 0 Å². The van der Waals surface area contributed by atoms with Crippen molar-refractivity contribution in [3.63, 3.8) is 0 Å². The third kappa shape index (κ3) is 2.97. The summed E-state index contributed by atoms with van der Waals surface area (Å²) >= 11 is 3.39. The molecule has 0 spiro atoms. The highest BCUT2D eigenvalue weighted by atomic mass is 79.9. The predicted molar refractivity (Wildman–Crippen MR) is 77.1 cm³/mol. The molecule has 0 unspecified atom stereocenters. The van der Waals surface area contributed by atoms with Crippen LogP contribution in [0.3, 0.4) is 0 Å². The molecular weight excluding hydrogens is 342 g/mol. The minimum absolute atomic E-state index is 0.127. The van der Waals surface area contributed by atoms with Gasteiger partial charge in [0, 0.05) is 4.47 Å². The Labute approximate surface area is 129 Å². The highest BCUT2D eigenvalue weighted by molar-refractivity contribution is 9.10. The Morgan fingerprint density at radius 1 is 1.19 bits per heavy atom. The summed E-state index contributed by atoms with van der Waals surface area (Å²) in [5.74, 6) is -1.72. The number of carbonyl (C=O) groups is 2. The summed E-state index contributed by atoms with van der Waals surface area (Å²) in [6.45, 7) is 1.93. The zero-order valence-electron chi connectivity index (χ0n) is 11.6. The summed E-state index contributed by atoms with van der Waals surface area (Å²) in [5, 5.41) is 0. The number of hydrogen-bond donors (Lipinski definition) is 0. The van der Waals surface area contributed by atoms with E-state index in [1.165, 1.54) is 14.2 Å². The number of aromatic nitrogens is 1. The third-order valence-corrected chi connectivity index (χ3v) is 3.39. The molecule has 0 amide bonds. The molecule has 7 heteroatoms. The van der Waals surface area contributed by atoms with Crippen LogP contribution >= 0.6 is 15.9 Å². The molecule has 0 N–H and O–H groups in total. The first-order chi connectivity index (χ1) is 9.97. The van der Waals surface area contributed by atoms with Crippen LogP contribution in [-0.2, 0) is 9.47 Å². The lowest BCUT2D eigenvalue weighted by atomic mass is 10.1. The Morgan fingerprint density at radius 2 is 1.86 bits per heavy atom. The summed E-state index contributed by atoms with van der Waals surface area (Å²) in [6, 6.07) is 5.50. The quantitative estimate of drug-likeness (QED) is 0.789. The van der Waals surface area contributed by atoms with Crippen molar-refractivity contribution in [1.82, 2.24) is 4.98 Å². The number of nitrogens with zero attached hydrogens (tertiary/aromatic N) is 1. The van der Waals surface area contributed by atoms with E-state index in [2.05, 4.69) is 30.4 Å². The van der Waals surface area contributed by atoms with Gasteiger partial charge in [0.15, 0.2) is 0 Å². The number of aryl methyl sites for hydroxylation is 1. The van der Waals surface area contributed by atoms with Gasteiger partial charge in [-0.25, -0.2) is 14.6 Å². The molecule has 0 bridgehead atoms. The van der Waals surface area contributed by atoms with Crippen LogP contribution in [0.2, 0.25) is 0 Å². The molecule has 0 aliphatic carbocycles. The zero-order chi connectivity index (χ0) is 15.6. The molecule has 110 valence electrons. The molecular formula is C14H12BrNO5. The Kier molecular flexibility index (Phi) is 4.42. The molecule has 0 aliphatic rings. The molecule has 1 aromatic carbocycles. The number of esters is 2. The van der Waals surface area contributed by atoms with Crippen LogP contribution in [0.25, 0.3) is 11.5 Å². The lowest BCUT2D eigenvalue weighted by Gasteiger charge is -2.00. The molecule has 0 atom stereocenters. The van der Waals surface area contributed by atoms with E-state index in [1.54, 1.807) is 6.07 Å². The molecule has 0 fully saturated rings. The standard InChI is InChI=1S/C14H12BrNO5/c1-7-4-5-8(9(15)6-7)12-16-10(13(17)19-2)11(21-12)14(18)20-3/h4-6H,1-3H3. The van der Waals surface area contributed by atoms with Gasteiger partial charge in [-0.15, -0.1) is 0 Å². The monoisotopic (exact) mass is 353 g/mol. The van der Waals surface area contributed by atoms with Crippen molar-refractivity contribution < 1.29 is 23.5 Å². The molecule has 2 rings (SSSR count). The van der Waals surface area contributed by atoms with Gasteiger partial charge in [0.05, 0.1) is 19.8 Å². The number of rotatable bonds is 3. The highest BCUT2D eigenvalue weighted by Gasteiger charge is 2.27. The molecule has 6 nitrogen and oxygen atoms in total. The predicted octanol–water partition coefficient (Wildman–Crippen LogP) is 2.99. The van der Waals surface area contributed by atoms with Gasteiger partial charge in [0.1, 0.15) is 0 Å². The maximum Gasteiger partial charge on any atom is 0.376 e. The van der Waals surface area contributed by atoms with Gasteiger partial charge >= 0.3 is 11.9 Å². The second-order valence-corrected chi connectivity index (χ2v) is 5.02. The number of carbonyl (C=O) groups excluding carboxylic acids is 2. The minimum atomic E-state index is -0.794. The van der Waals surface area contributed by atoms with Crippen LogP contribution in [0.15, 0.2) is 27.1 Å². The number of hydrogen-bond acceptors (Lipinski definition) is 6. The van der Waals surface area contributed by atoms with Crippen LogP contribution in [0.4, 0.5) is 0 Å². The van der Waals surface area contributed by atoms with E-state index in [0.29, 0.717) is 5.56 Å². The Bertz CT molecular complexity index is 674. The maximum absolute atomic E-state index is 11.7. The van der Waals surface area contributed by atoms with Crippen LogP contribution < -0.4 is 0 Å². The zero-order valence-corrected chi connectivity index (χ0v) is 13.2. The fourth-order valence-corrected chi connectivity index (χ4v) is 2.36. The number of ether oxygens (including phenoxy) is 2. The van der Waals surface area contributed by atoms with Gasteiger partial charge in [-0.3, -0.25) is 0 Å². The average molecular weight is 354 g/mol.